The number of ether oxygens (including phenoxy) is 4. The van der Waals surface area contributed by atoms with Gasteiger partial charge >= 0.3 is 23.9 Å². The summed E-state index contributed by atoms with van der Waals surface area (Å²) >= 11 is 0. The largest absolute Gasteiger partial charge is 0.462 e. The fourth-order valence-corrected chi connectivity index (χ4v) is 8.71. The van der Waals surface area contributed by atoms with E-state index < -0.39 is 60.6 Å². The minimum atomic E-state index is -2.25. The van der Waals surface area contributed by atoms with Gasteiger partial charge < -0.3 is 34.9 Å². The minimum absolute atomic E-state index is 0.298. The van der Waals surface area contributed by atoms with Gasteiger partial charge in [0.1, 0.15) is 18.3 Å². The average Bonchev–Trinajstić information content (AvgIpc) is 2.71. The number of esters is 4. The number of carbonyl (C=O) groups excluding carboxylic acids is 4. The van der Waals surface area contributed by atoms with E-state index in [0.717, 1.165) is 6.92 Å². The highest BCUT2D eigenvalue weighted by molar-refractivity contribution is 5.92. The Morgan fingerprint density at radius 2 is 0.783 bits per heavy atom. The van der Waals surface area contributed by atoms with Gasteiger partial charge in [0.25, 0.3) is 0 Å². The molecule has 3 saturated heterocycles. The molecule has 0 saturated carbocycles. The summed E-state index contributed by atoms with van der Waals surface area (Å²) in [5.41, 5.74) is -4.15. The Hall–Kier alpha value is -2.24. The molecule has 46 heavy (non-hydrogen) atoms. The summed E-state index contributed by atoms with van der Waals surface area (Å²) in [5.74, 6) is -3.27. The van der Waals surface area contributed by atoms with Gasteiger partial charge in [0.2, 0.25) is 5.60 Å². The monoisotopic (exact) mass is 651 g/mol. The maximum absolute atomic E-state index is 14.2. The lowest BCUT2D eigenvalue weighted by Crippen LogP contribution is -2.61. The Balaban J connectivity index is 1.91. The van der Waals surface area contributed by atoms with Crippen molar-refractivity contribution in [3.8, 4) is 0 Å². The van der Waals surface area contributed by atoms with Gasteiger partial charge in [-0.2, -0.15) is 0 Å². The van der Waals surface area contributed by atoms with E-state index in [1.165, 1.54) is 0 Å². The molecule has 0 unspecified atom stereocenters. The molecule has 0 aliphatic carbocycles. The van der Waals surface area contributed by atoms with E-state index in [1.54, 1.807) is 0 Å². The van der Waals surface area contributed by atoms with Crippen molar-refractivity contribution in [3.05, 3.63) is 0 Å². The molecule has 0 radical (unpaired) electrons. The molecule has 0 atom stereocenters. The van der Waals surface area contributed by atoms with E-state index in [-0.39, 0.29) is 33.2 Å². The second kappa shape index (κ2) is 13.0. The molecular weight excluding hydrogens is 590 g/mol. The summed E-state index contributed by atoms with van der Waals surface area (Å²) < 4.78 is 23.6. The molecule has 3 fully saturated rings. The summed E-state index contributed by atoms with van der Waals surface area (Å²) in [6.45, 7) is 25.5. The molecule has 3 rings (SSSR count). The topological polar surface area (TPSA) is 141 Å². The van der Waals surface area contributed by atoms with Crippen molar-refractivity contribution >= 4 is 23.9 Å². The summed E-state index contributed by atoms with van der Waals surface area (Å²) in [5, 5.41) is 10.7. The third-order valence-electron chi connectivity index (χ3n) is 8.90. The van der Waals surface area contributed by atoms with Crippen LogP contribution in [0.5, 0.6) is 0 Å². The van der Waals surface area contributed by atoms with Crippen LogP contribution in [-0.2, 0) is 38.1 Å². The number of nitrogens with one attached hydrogen (secondary N) is 3. The summed E-state index contributed by atoms with van der Waals surface area (Å²) in [6, 6.07) is 0. The summed E-state index contributed by atoms with van der Waals surface area (Å²) in [7, 11) is 0. The van der Waals surface area contributed by atoms with E-state index in [2.05, 4.69) is 16.0 Å². The minimum Gasteiger partial charge on any atom is -0.462 e. The van der Waals surface area contributed by atoms with Crippen LogP contribution >= 0.6 is 0 Å². The molecule has 264 valence electrons. The lowest BCUT2D eigenvalue weighted by atomic mass is 9.80. The van der Waals surface area contributed by atoms with E-state index in [1.807, 2.05) is 83.1 Å². The third-order valence-corrected chi connectivity index (χ3v) is 8.90. The van der Waals surface area contributed by atoms with Gasteiger partial charge in [-0.1, -0.05) is 0 Å². The predicted octanol–water partition coefficient (Wildman–Crippen LogP) is 4.63. The van der Waals surface area contributed by atoms with Gasteiger partial charge in [0.15, 0.2) is 0 Å². The Kier molecular flexibility index (Phi) is 10.8. The average molecular weight is 652 g/mol. The first-order valence-corrected chi connectivity index (χ1v) is 16.8. The van der Waals surface area contributed by atoms with Crippen molar-refractivity contribution < 1.29 is 38.1 Å². The highest BCUT2D eigenvalue weighted by atomic mass is 16.6. The highest BCUT2D eigenvalue weighted by Crippen LogP contribution is 2.36. The molecule has 3 aliphatic rings. The zero-order valence-electron chi connectivity index (χ0n) is 30.7. The molecule has 0 aromatic carbocycles. The zero-order chi connectivity index (χ0) is 35.1. The standard InChI is InChI=1S/C35H61N3O8/c1-22(39)46-35(28(42)45-25-18-33(10,11)38-34(12,13)19-25,20-26(40)43-23-14-29(2,3)36-30(4,5)15-23)21-27(41)44-24-16-31(6,7)37-32(8,9)17-24/h23-25,36-38H,14-21H2,1-13H3. The number of piperidine rings is 3. The van der Waals surface area contributed by atoms with Crippen molar-refractivity contribution in [1.82, 2.24) is 16.0 Å². The molecule has 3 aliphatic heterocycles. The Bertz CT molecular complexity index is 1070. The summed E-state index contributed by atoms with van der Waals surface area (Å²) in [6.07, 6.45) is 0.411. The molecule has 0 aromatic rings. The lowest BCUT2D eigenvalue weighted by Gasteiger charge is -2.47. The van der Waals surface area contributed by atoms with Crippen LogP contribution in [0.1, 0.15) is 141 Å². The van der Waals surface area contributed by atoms with Gasteiger partial charge in [-0.25, -0.2) is 4.79 Å². The second-order valence-corrected chi connectivity index (χ2v) is 18.1. The molecule has 3 heterocycles. The van der Waals surface area contributed by atoms with Crippen molar-refractivity contribution in [1.29, 1.82) is 0 Å². The zero-order valence-corrected chi connectivity index (χ0v) is 30.7. The van der Waals surface area contributed by atoms with E-state index in [9.17, 15) is 19.2 Å². The van der Waals surface area contributed by atoms with Crippen LogP contribution in [0.2, 0.25) is 0 Å². The van der Waals surface area contributed by atoms with Crippen LogP contribution in [0.25, 0.3) is 0 Å². The highest BCUT2D eigenvalue weighted by Gasteiger charge is 2.52. The van der Waals surface area contributed by atoms with Gasteiger partial charge in [0.05, 0.1) is 12.8 Å². The van der Waals surface area contributed by atoms with E-state index in [0.29, 0.717) is 38.5 Å². The van der Waals surface area contributed by atoms with Crippen LogP contribution in [0.4, 0.5) is 0 Å². The Morgan fingerprint density at radius 3 is 1.04 bits per heavy atom. The molecule has 11 heteroatoms. The normalized spacial score (nSPS) is 25.6. The van der Waals surface area contributed by atoms with Crippen LogP contribution in [-0.4, -0.2) is 81.0 Å². The fraction of sp³-hybridized carbons (Fsp3) is 0.886. The Morgan fingerprint density at radius 1 is 0.522 bits per heavy atom. The fourth-order valence-electron chi connectivity index (χ4n) is 8.71. The first kappa shape index (κ1) is 38.2. The quantitative estimate of drug-likeness (QED) is 0.237. The van der Waals surface area contributed by atoms with Crippen molar-refractivity contribution in [2.24, 2.45) is 0 Å². The van der Waals surface area contributed by atoms with Gasteiger partial charge in [-0.15, -0.1) is 0 Å². The number of hydrogen-bond acceptors (Lipinski definition) is 11. The van der Waals surface area contributed by atoms with Gasteiger partial charge in [-0.05, 0) is 83.1 Å². The molecular formula is C35H61N3O8. The summed E-state index contributed by atoms with van der Waals surface area (Å²) in [4.78, 5) is 54.1. The number of carbonyl (C=O) groups is 4. The Labute approximate surface area is 276 Å². The van der Waals surface area contributed by atoms with Crippen molar-refractivity contribution in [2.45, 2.75) is 199 Å². The number of hydrogen-bond donors (Lipinski definition) is 3. The molecule has 0 spiro atoms. The smallest absolute Gasteiger partial charge is 0.352 e. The third kappa shape index (κ3) is 11.2. The predicted molar refractivity (Wildman–Crippen MR) is 175 cm³/mol. The van der Waals surface area contributed by atoms with E-state index >= 15 is 0 Å². The van der Waals surface area contributed by atoms with Crippen molar-refractivity contribution in [2.75, 3.05) is 0 Å². The lowest BCUT2D eigenvalue weighted by molar-refractivity contribution is -0.198. The maximum atomic E-state index is 14.2. The van der Waals surface area contributed by atoms with Crippen LogP contribution in [0, 0.1) is 0 Å². The van der Waals surface area contributed by atoms with Crippen LogP contribution in [0.3, 0.4) is 0 Å². The van der Waals surface area contributed by atoms with E-state index in [4.69, 9.17) is 18.9 Å². The van der Waals surface area contributed by atoms with Gasteiger partial charge in [0, 0.05) is 78.7 Å². The number of rotatable bonds is 9. The van der Waals surface area contributed by atoms with Crippen LogP contribution in [0.15, 0.2) is 0 Å². The van der Waals surface area contributed by atoms with Gasteiger partial charge in [-0.3, -0.25) is 14.4 Å². The molecule has 0 bridgehead atoms. The van der Waals surface area contributed by atoms with Crippen molar-refractivity contribution in [3.63, 3.8) is 0 Å². The molecule has 0 aromatic heterocycles. The SMILES string of the molecule is CC(=O)OC(CC(=O)OC1CC(C)(C)NC(C)(C)C1)(CC(=O)OC1CC(C)(C)NC(C)(C)C1)C(=O)OC1CC(C)(C)NC(C)(C)C1. The molecule has 3 N–H and O–H groups in total. The molecule has 0 amide bonds. The first-order valence-electron chi connectivity index (χ1n) is 16.8. The second-order valence-electron chi connectivity index (χ2n) is 18.1. The maximum Gasteiger partial charge on any atom is 0.352 e. The van der Waals surface area contributed by atoms with Crippen LogP contribution < -0.4 is 16.0 Å². The first-order chi connectivity index (χ1) is 20.6. The molecule has 11 nitrogen and oxygen atoms in total.